The molecule has 0 saturated heterocycles. The van der Waals surface area contributed by atoms with Crippen molar-refractivity contribution in [1.82, 2.24) is 15.0 Å². The molecule has 3 nitrogen and oxygen atoms in total. The van der Waals surface area contributed by atoms with Crippen LogP contribution in [-0.4, -0.2) is 15.0 Å². The molecule has 0 N–H and O–H groups in total. The number of aromatic nitrogens is 3. The summed E-state index contributed by atoms with van der Waals surface area (Å²) in [4.78, 5) is 13.4. The van der Waals surface area contributed by atoms with Crippen molar-refractivity contribution in [3.05, 3.63) is 150 Å². The summed E-state index contributed by atoms with van der Waals surface area (Å²) in [5.74, 6) is -3.17. The monoisotopic (exact) mass is 778 g/mol. The molecule has 3 heterocycles. The van der Waals surface area contributed by atoms with Gasteiger partial charge in [0, 0.05) is 60.5 Å². The van der Waals surface area contributed by atoms with Crippen molar-refractivity contribution in [2.24, 2.45) is 0 Å². The maximum atomic E-state index is 16.2. The van der Waals surface area contributed by atoms with Gasteiger partial charge < -0.3 is 4.98 Å². The molecule has 46 heavy (non-hydrogen) atoms. The van der Waals surface area contributed by atoms with E-state index in [4.69, 9.17) is 0 Å². The molecule has 5 aromatic carbocycles. The number of pyridine rings is 3. The first kappa shape index (κ1) is 29.8. The van der Waals surface area contributed by atoms with Gasteiger partial charge in [0.25, 0.3) is 5.92 Å². The molecule has 3 aromatic heterocycles. The fourth-order valence-electron chi connectivity index (χ4n) is 6.50. The van der Waals surface area contributed by atoms with E-state index in [9.17, 15) is 0 Å². The Morgan fingerprint density at radius 2 is 1.46 bits per heavy atom. The Morgan fingerprint density at radius 1 is 0.674 bits per heavy atom. The minimum Gasteiger partial charge on any atom is -0.305 e. The molecule has 0 saturated carbocycles. The van der Waals surface area contributed by atoms with Crippen molar-refractivity contribution in [1.29, 1.82) is 0 Å². The molecular weight excluding hydrogens is 753 g/mol. The van der Waals surface area contributed by atoms with Gasteiger partial charge in [-0.05, 0) is 76.3 Å². The number of halogens is 2. The molecule has 0 atom stereocenters. The van der Waals surface area contributed by atoms with Crippen LogP contribution in [0.4, 0.5) is 8.78 Å². The van der Waals surface area contributed by atoms with E-state index in [-0.39, 0.29) is 31.2 Å². The standard InChI is InChI=1S/C29H17F2N2.C11H8N.Ir/c1-15-11-22-19(16(2)33-15)7-8-20-21-9-10-32-28-24-12-17-5-3-4-6-18(17)13-25(24)29(30,31)26(27(21)28)14-23(20)22;1-2-6-10(7-3-1)11-8-4-5-9-12-11;/h3-11,13-14H,1-2H3;1-6,8-9H;/q2*-1;. The smallest absolute Gasteiger partial charge is 0.273 e. The number of fused-ring (bicyclic) bond motifs is 7. The van der Waals surface area contributed by atoms with Gasteiger partial charge in [-0.25, -0.2) is 8.78 Å². The van der Waals surface area contributed by atoms with Gasteiger partial charge in [0.05, 0.1) is 0 Å². The second-order valence-corrected chi connectivity index (χ2v) is 11.3. The molecule has 0 spiro atoms. The molecular formula is C40H25F2IrN3-2. The van der Waals surface area contributed by atoms with Crippen LogP contribution >= 0.6 is 0 Å². The van der Waals surface area contributed by atoms with Crippen molar-refractivity contribution in [3.8, 4) is 22.5 Å². The SMILES string of the molecule is Cc1cc2c(ccc3c4ccnc5c4c(cc23)C(F)(F)c2cc3ccccc3[c-]c2-5)c(C)n1.[Ir].[c-]1ccccc1-c1ccccn1. The van der Waals surface area contributed by atoms with E-state index < -0.39 is 5.92 Å². The summed E-state index contributed by atoms with van der Waals surface area (Å²) in [5.41, 5.74) is 4.69. The van der Waals surface area contributed by atoms with Crippen molar-refractivity contribution in [3.63, 3.8) is 0 Å². The van der Waals surface area contributed by atoms with Crippen LogP contribution in [0.1, 0.15) is 22.5 Å². The van der Waals surface area contributed by atoms with Crippen LogP contribution < -0.4 is 0 Å². The summed E-state index contributed by atoms with van der Waals surface area (Å²) >= 11 is 0. The van der Waals surface area contributed by atoms with Crippen molar-refractivity contribution < 1.29 is 28.9 Å². The predicted octanol–water partition coefficient (Wildman–Crippen LogP) is 10.2. The summed E-state index contributed by atoms with van der Waals surface area (Å²) < 4.78 is 32.4. The minimum absolute atomic E-state index is 0. The molecule has 9 rings (SSSR count). The van der Waals surface area contributed by atoms with Crippen LogP contribution in [0.15, 0.2) is 116 Å². The van der Waals surface area contributed by atoms with E-state index in [1.165, 1.54) is 0 Å². The Labute approximate surface area is 278 Å². The summed E-state index contributed by atoms with van der Waals surface area (Å²) in [6.45, 7) is 3.89. The van der Waals surface area contributed by atoms with E-state index in [0.29, 0.717) is 16.6 Å². The zero-order valence-electron chi connectivity index (χ0n) is 24.9. The van der Waals surface area contributed by atoms with E-state index in [1.807, 2.05) is 105 Å². The van der Waals surface area contributed by atoms with Gasteiger partial charge >= 0.3 is 0 Å². The summed E-state index contributed by atoms with van der Waals surface area (Å²) in [7, 11) is 0. The topological polar surface area (TPSA) is 38.7 Å². The molecule has 1 radical (unpaired) electrons. The first-order valence-corrected chi connectivity index (χ1v) is 14.7. The zero-order valence-corrected chi connectivity index (χ0v) is 27.3. The number of rotatable bonds is 1. The van der Waals surface area contributed by atoms with E-state index in [2.05, 4.69) is 27.1 Å². The Bertz CT molecular complexity index is 2390. The fourth-order valence-corrected chi connectivity index (χ4v) is 6.50. The third-order valence-electron chi connectivity index (χ3n) is 8.53. The van der Waals surface area contributed by atoms with Crippen LogP contribution in [0.25, 0.3) is 65.6 Å². The summed E-state index contributed by atoms with van der Waals surface area (Å²) in [5, 5.41) is 6.52. The molecule has 0 amide bonds. The fraction of sp³-hybridized carbons (Fsp3) is 0.0750. The summed E-state index contributed by atoms with van der Waals surface area (Å²) in [6.07, 6.45) is 3.50. The molecule has 0 aliphatic heterocycles. The van der Waals surface area contributed by atoms with Crippen molar-refractivity contribution in [2.75, 3.05) is 0 Å². The second-order valence-electron chi connectivity index (χ2n) is 11.3. The van der Waals surface area contributed by atoms with Crippen molar-refractivity contribution in [2.45, 2.75) is 19.8 Å². The van der Waals surface area contributed by atoms with Gasteiger partial charge in [0.1, 0.15) is 0 Å². The van der Waals surface area contributed by atoms with Gasteiger partial charge in [-0.1, -0.05) is 53.4 Å². The number of alkyl halides is 2. The van der Waals surface area contributed by atoms with Crippen LogP contribution in [0.2, 0.25) is 0 Å². The molecule has 0 unspecified atom stereocenters. The Morgan fingerprint density at radius 3 is 2.26 bits per heavy atom. The van der Waals surface area contributed by atoms with Gasteiger partial charge in [-0.2, -0.15) is 0 Å². The molecule has 0 bridgehead atoms. The van der Waals surface area contributed by atoms with Crippen LogP contribution in [0.5, 0.6) is 0 Å². The molecule has 6 heteroatoms. The van der Waals surface area contributed by atoms with Gasteiger partial charge in [0.2, 0.25) is 0 Å². The Hall–Kier alpha value is -4.90. The maximum absolute atomic E-state index is 16.2. The molecule has 225 valence electrons. The zero-order chi connectivity index (χ0) is 30.7. The number of hydrogen-bond donors (Lipinski definition) is 0. The summed E-state index contributed by atoms with van der Waals surface area (Å²) in [6, 6.07) is 38.7. The minimum atomic E-state index is -3.17. The van der Waals surface area contributed by atoms with Crippen LogP contribution in [-0.2, 0) is 26.0 Å². The normalized spacial score (nSPS) is 12.8. The van der Waals surface area contributed by atoms with Gasteiger partial charge in [-0.15, -0.1) is 59.5 Å². The van der Waals surface area contributed by atoms with Gasteiger partial charge in [0.15, 0.2) is 0 Å². The predicted molar refractivity (Wildman–Crippen MR) is 177 cm³/mol. The number of hydrogen-bond acceptors (Lipinski definition) is 3. The molecule has 8 aromatic rings. The quantitative estimate of drug-likeness (QED) is 0.123. The number of nitrogens with zero attached hydrogens (tertiary/aromatic N) is 3. The van der Waals surface area contributed by atoms with Gasteiger partial charge in [-0.3, -0.25) is 9.97 Å². The van der Waals surface area contributed by atoms with Crippen molar-refractivity contribution >= 4 is 43.1 Å². The largest absolute Gasteiger partial charge is 0.305 e. The third kappa shape index (κ3) is 4.77. The third-order valence-corrected chi connectivity index (χ3v) is 8.53. The molecule has 1 aliphatic carbocycles. The average molecular weight is 778 g/mol. The second kappa shape index (κ2) is 11.5. The van der Waals surface area contributed by atoms with E-state index >= 15 is 8.78 Å². The molecule has 1 aliphatic rings. The van der Waals surface area contributed by atoms with E-state index in [1.54, 1.807) is 24.5 Å². The maximum Gasteiger partial charge on any atom is 0.273 e. The van der Waals surface area contributed by atoms with Crippen LogP contribution in [0.3, 0.4) is 0 Å². The first-order valence-electron chi connectivity index (χ1n) is 14.7. The number of aryl methyl sites for hydroxylation is 2. The average Bonchev–Trinajstić information content (AvgIpc) is 3.07. The van der Waals surface area contributed by atoms with Crippen LogP contribution in [0, 0.1) is 26.0 Å². The Kier molecular flexibility index (Phi) is 7.43. The first-order chi connectivity index (χ1) is 21.9. The van der Waals surface area contributed by atoms with E-state index in [0.717, 1.165) is 60.3 Å². The Balaban J connectivity index is 0.000000220. The molecule has 0 fully saturated rings. The number of benzene rings is 5.